The van der Waals surface area contributed by atoms with Crippen LogP contribution < -0.4 is 10.5 Å². The number of alkyl halides is 2. The Labute approximate surface area is 176 Å². The maximum atomic E-state index is 13.6. The summed E-state index contributed by atoms with van der Waals surface area (Å²) >= 11 is 1.61. The van der Waals surface area contributed by atoms with Crippen molar-refractivity contribution in [1.29, 1.82) is 0 Å². The van der Waals surface area contributed by atoms with Gasteiger partial charge < -0.3 is 9.88 Å². The quantitative estimate of drug-likeness (QED) is 0.670. The van der Waals surface area contributed by atoms with Crippen molar-refractivity contribution in [2.45, 2.75) is 62.3 Å². The van der Waals surface area contributed by atoms with E-state index < -0.39 is 5.92 Å². The molecule has 3 aromatic rings. The highest BCUT2D eigenvalue weighted by molar-refractivity contribution is 7.13. The van der Waals surface area contributed by atoms with E-state index in [1.807, 2.05) is 19.0 Å². The molecule has 30 heavy (non-hydrogen) atoms. The van der Waals surface area contributed by atoms with E-state index in [0.29, 0.717) is 29.7 Å². The molecular weight excluding hydrogens is 410 g/mol. The lowest BCUT2D eigenvalue weighted by atomic mass is 9.71. The molecule has 0 aliphatic heterocycles. The number of hydrogen-bond acceptors (Lipinski definition) is 6. The Hall–Kier alpha value is -2.36. The van der Waals surface area contributed by atoms with Crippen LogP contribution in [-0.2, 0) is 0 Å². The fourth-order valence-electron chi connectivity index (χ4n) is 4.50. The zero-order valence-corrected chi connectivity index (χ0v) is 17.8. The van der Waals surface area contributed by atoms with E-state index in [0.717, 1.165) is 23.7 Å². The van der Waals surface area contributed by atoms with Crippen LogP contribution in [0.15, 0.2) is 16.4 Å². The third-order valence-electron chi connectivity index (χ3n) is 6.41. The minimum atomic E-state index is -2.60. The molecule has 3 aromatic heterocycles. The summed E-state index contributed by atoms with van der Waals surface area (Å²) in [5, 5.41) is 7.79. The van der Waals surface area contributed by atoms with Crippen molar-refractivity contribution >= 4 is 27.5 Å². The molecule has 2 fully saturated rings. The summed E-state index contributed by atoms with van der Waals surface area (Å²) in [7, 11) is 3.94. The van der Waals surface area contributed by atoms with E-state index in [2.05, 4.69) is 15.5 Å². The molecule has 2 saturated carbocycles. The number of aromatic amines is 1. The zero-order chi connectivity index (χ0) is 21.0. The van der Waals surface area contributed by atoms with Gasteiger partial charge in [-0.25, -0.2) is 23.4 Å². The van der Waals surface area contributed by atoms with E-state index in [1.54, 1.807) is 16.0 Å². The number of fused-ring (bicyclic) bond motifs is 1. The summed E-state index contributed by atoms with van der Waals surface area (Å²) in [6.07, 6.45) is 3.80. The van der Waals surface area contributed by atoms with Gasteiger partial charge in [-0.05, 0) is 25.7 Å². The zero-order valence-electron chi connectivity index (χ0n) is 16.9. The van der Waals surface area contributed by atoms with Crippen LogP contribution >= 0.6 is 11.3 Å². The summed E-state index contributed by atoms with van der Waals surface area (Å²) in [4.78, 5) is 27.1. The number of halogens is 2. The van der Waals surface area contributed by atoms with E-state index in [-0.39, 0.29) is 36.3 Å². The number of nitrogens with zero attached hydrogens (tertiary/aromatic N) is 5. The van der Waals surface area contributed by atoms with Gasteiger partial charge in [0.25, 0.3) is 5.56 Å². The van der Waals surface area contributed by atoms with E-state index >= 15 is 0 Å². The van der Waals surface area contributed by atoms with Crippen LogP contribution in [0.25, 0.3) is 11.0 Å². The van der Waals surface area contributed by atoms with Gasteiger partial charge in [0.2, 0.25) is 5.92 Å². The third kappa shape index (κ3) is 3.30. The first-order valence-electron chi connectivity index (χ1n) is 10.3. The van der Waals surface area contributed by atoms with Crippen LogP contribution in [-0.4, -0.2) is 44.8 Å². The first kappa shape index (κ1) is 19.6. The lowest BCUT2D eigenvalue weighted by molar-refractivity contribution is -0.0446. The van der Waals surface area contributed by atoms with Gasteiger partial charge in [-0.1, -0.05) is 0 Å². The lowest BCUT2D eigenvalue weighted by Crippen LogP contribution is -2.28. The van der Waals surface area contributed by atoms with Gasteiger partial charge in [0, 0.05) is 44.2 Å². The number of H-pyrrole nitrogens is 1. The van der Waals surface area contributed by atoms with Crippen LogP contribution in [0.3, 0.4) is 0 Å². The molecule has 0 spiro atoms. The second kappa shape index (κ2) is 7.11. The fourth-order valence-corrected chi connectivity index (χ4v) is 5.32. The van der Waals surface area contributed by atoms with Gasteiger partial charge in [-0.3, -0.25) is 4.79 Å². The van der Waals surface area contributed by atoms with Gasteiger partial charge in [0.1, 0.15) is 11.2 Å². The fraction of sp³-hybridized carbons (Fsp3) is 0.600. The van der Waals surface area contributed by atoms with Crippen molar-refractivity contribution in [3.63, 3.8) is 0 Å². The van der Waals surface area contributed by atoms with Gasteiger partial charge in [-0.15, -0.1) is 11.3 Å². The molecule has 2 aliphatic carbocycles. The van der Waals surface area contributed by atoms with Crippen LogP contribution in [0.4, 0.5) is 13.9 Å². The molecule has 2 aliphatic rings. The molecule has 0 radical (unpaired) electrons. The SMILES string of the molecule is CN(C)c1nc([C@H]2CC[C@@H]2c2nc3c(cnn3C3CCC(F)(F)CC3)c(=O)[nH]2)cs1. The molecule has 0 bridgehead atoms. The highest BCUT2D eigenvalue weighted by atomic mass is 32.1. The van der Waals surface area contributed by atoms with Crippen molar-refractivity contribution in [2.24, 2.45) is 0 Å². The first-order chi connectivity index (χ1) is 14.3. The van der Waals surface area contributed by atoms with Gasteiger partial charge in [0.05, 0.1) is 17.9 Å². The molecule has 0 saturated heterocycles. The third-order valence-corrected chi connectivity index (χ3v) is 7.44. The molecule has 0 unspecified atom stereocenters. The molecule has 0 aromatic carbocycles. The summed E-state index contributed by atoms with van der Waals surface area (Å²) in [6, 6.07) is -0.150. The Morgan fingerprint density at radius 3 is 2.53 bits per heavy atom. The number of nitrogens with one attached hydrogen (secondary N) is 1. The number of rotatable bonds is 4. The van der Waals surface area contributed by atoms with E-state index in [1.165, 1.54) is 6.20 Å². The second-order valence-corrected chi connectivity index (χ2v) is 9.44. The molecule has 160 valence electrons. The standard InChI is InChI=1S/C20H24F2N6OS/c1-27(2)19-24-15(10-30-19)12-3-4-13(12)16-25-17-14(18(29)26-16)9-23-28(17)11-5-7-20(21,22)8-6-11/h9-13H,3-8H2,1-2H3,(H,25,26,29)/t12-,13-/m0/s1. The lowest BCUT2D eigenvalue weighted by Gasteiger charge is -2.34. The Balaban J connectivity index is 1.46. The van der Waals surface area contributed by atoms with E-state index in [4.69, 9.17) is 9.97 Å². The minimum Gasteiger partial charge on any atom is -0.354 e. The number of thiazole rings is 1. The molecular formula is C20H24F2N6OS. The minimum absolute atomic E-state index is 0.0956. The van der Waals surface area contributed by atoms with Crippen LogP contribution in [0.1, 0.15) is 67.9 Å². The smallest absolute Gasteiger partial charge is 0.262 e. The van der Waals surface area contributed by atoms with Crippen molar-refractivity contribution < 1.29 is 8.78 Å². The molecule has 5 rings (SSSR count). The molecule has 10 heteroatoms. The molecule has 0 amide bonds. The van der Waals surface area contributed by atoms with Crippen molar-refractivity contribution in [2.75, 3.05) is 19.0 Å². The predicted molar refractivity (Wildman–Crippen MR) is 112 cm³/mol. The number of aromatic nitrogens is 5. The summed E-state index contributed by atoms with van der Waals surface area (Å²) in [5.74, 6) is -1.64. The maximum Gasteiger partial charge on any atom is 0.262 e. The Morgan fingerprint density at radius 1 is 1.17 bits per heavy atom. The average molecular weight is 435 g/mol. The molecule has 7 nitrogen and oxygen atoms in total. The summed E-state index contributed by atoms with van der Waals surface area (Å²) in [6.45, 7) is 0. The Bertz CT molecular complexity index is 1130. The van der Waals surface area contributed by atoms with E-state index in [9.17, 15) is 13.6 Å². The number of anilines is 1. The normalized spacial score (nSPS) is 24.1. The monoisotopic (exact) mass is 434 g/mol. The predicted octanol–water partition coefficient (Wildman–Crippen LogP) is 4.05. The highest BCUT2D eigenvalue weighted by Crippen LogP contribution is 2.48. The average Bonchev–Trinajstić information content (AvgIpc) is 3.29. The second-order valence-electron chi connectivity index (χ2n) is 8.60. The topological polar surface area (TPSA) is 79.7 Å². The van der Waals surface area contributed by atoms with Gasteiger partial charge >= 0.3 is 0 Å². The van der Waals surface area contributed by atoms with Gasteiger partial charge in [-0.2, -0.15) is 5.10 Å². The van der Waals surface area contributed by atoms with Gasteiger partial charge in [0.15, 0.2) is 10.8 Å². The van der Waals surface area contributed by atoms with Crippen LogP contribution in [0.5, 0.6) is 0 Å². The van der Waals surface area contributed by atoms with Crippen molar-refractivity contribution in [3.8, 4) is 0 Å². The first-order valence-corrected chi connectivity index (χ1v) is 11.2. The molecule has 1 N–H and O–H groups in total. The Kier molecular flexibility index (Phi) is 4.64. The largest absolute Gasteiger partial charge is 0.354 e. The Morgan fingerprint density at radius 2 is 1.90 bits per heavy atom. The molecule has 2 atom stereocenters. The summed E-state index contributed by atoms with van der Waals surface area (Å²) in [5.41, 5.74) is 1.31. The molecule has 3 heterocycles. The number of hydrogen-bond donors (Lipinski definition) is 1. The van der Waals surface area contributed by atoms with Crippen molar-refractivity contribution in [3.05, 3.63) is 33.4 Å². The van der Waals surface area contributed by atoms with Crippen LogP contribution in [0, 0.1) is 0 Å². The summed E-state index contributed by atoms with van der Waals surface area (Å²) < 4.78 is 28.8. The highest BCUT2D eigenvalue weighted by Gasteiger charge is 2.39. The van der Waals surface area contributed by atoms with Crippen LogP contribution in [0.2, 0.25) is 0 Å². The van der Waals surface area contributed by atoms with Crippen molar-refractivity contribution in [1.82, 2.24) is 24.7 Å². The maximum absolute atomic E-state index is 13.6.